The lowest BCUT2D eigenvalue weighted by atomic mass is 9.92. The number of aryl methyl sites for hydroxylation is 1. The van der Waals surface area contributed by atoms with Gasteiger partial charge >= 0.3 is 0 Å². The maximum absolute atomic E-state index is 4.45. The molecule has 0 fully saturated rings. The average Bonchev–Trinajstić information content (AvgIpc) is 2.17. The van der Waals surface area contributed by atoms with Crippen LogP contribution < -0.4 is 0 Å². The second-order valence-corrected chi connectivity index (χ2v) is 4.27. The molecular formula is C9H14N2. The molecule has 1 aromatic heterocycles. The fraction of sp³-hybridized carbons (Fsp3) is 0.667. The minimum atomic E-state index is 0.427. The van der Waals surface area contributed by atoms with Crippen molar-refractivity contribution in [2.75, 3.05) is 0 Å². The predicted molar refractivity (Wildman–Crippen MR) is 44.4 cm³/mol. The Morgan fingerprint density at radius 2 is 2.27 bits per heavy atom. The molecular weight excluding hydrogens is 136 g/mol. The molecule has 2 nitrogen and oxygen atoms in total. The molecule has 11 heavy (non-hydrogen) atoms. The molecule has 0 aliphatic carbocycles. The molecule has 2 rings (SSSR count). The van der Waals surface area contributed by atoms with Gasteiger partial charge in [-0.1, -0.05) is 13.8 Å². The van der Waals surface area contributed by atoms with Gasteiger partial charge in [0.05, 0.1) is 5.69 Å². The lowest BCUT2D eigenvalue weighted by Gasteiger charge is -2.14. The first-order valence-corrected chi connectivity index (χ1v) is 4.09. The highest BCUT2D eigenvalue weighted by Gasteiger charge is 2.29. The van der Waals surface area contributed by atoms with Crippen LogP contribution >= 0.6 is 0 Å². The molecule has 0 radical (unpaired) electrons. The monoisotopic (exact) mass is 150 g/mol. The van der Waals surface area contributed by atoms with Gasteiger partial charge in [-0.05, 0) is 12.3 Å². The fourth-order valence-corrected chi connectivity index (χ4v) is 1.82. The van der Waals surface area contributed by atoms with Gasteiger partial charge in [0, 0.05) is 19.2 Å². The Balaban J connectivity index is 2.37. The summed E-state index contributed by atoms with van der Waals surface area (Å²) in [4.78, 5) is 4.45. The van der Waals surface area contributed by atoms with E-state index in [-0.39, 0.29) is 0 Å². The van der Waals surface area contributed by atoms with Crippen LogP contribution in [0.5, 0.6) is 0 Å². The van der Waals surface area contributed by atoms with Gasteiger partial charge in [-0.3, -0.25) is 0 Å². The summed E-state index contributed by atoms with van der Waals surface area (Å²) < 4.78 is 2.27. The van der Waals surface area contributed by atoms with Crippen molar-refractivity contribution in [1.29, 1.82) is 0 Å². The number of hydrogen-bond donors (Lipinski definition) is 0. The van der Waals surface area contributed by atoms with Crippen LogP contribution in [0.4, 0.5) is 0 Å². The molecule has 0 spiro atoms. The SMILES string of the molecule is Cc1cn2c(n1)CC(C)(C)C2. The number of rotatable bonds is 0. The molecule has 0 saturated heterocycles. The maximum atomic E-state index is 4.45. The smallest absolute Gasteiger partial charge is 0.109 e. The zero-order valence-electron chi connectivity index (χ0n) is 7.39. The Bertz CT molecular complexity index is 258. The predicted octanol–water partition coefficient (Wildman–Crippen LogP) is 1.77. The Morgan fingerprint density at radius 3 is 2.91 bits per heavy atom. The number of nitrogens with zero attached hydrogens (tertiary/aromatic N) is 2. The van der Waals surface area contributed by atoms with E-state index >= 15 is 0 Å². The van der Waals surface area contributed by atoms with Crippen LogP contribution in [-0.2, 0) is 13.0 Å². The number of aromatic nitrogens is 2. The van der Waals surface area contributed by atoms with Crippen LogP contribution in [-0.4, -0.2) is 9.55 Å². The van der Waals surface area contributed by atoms with Crippen molar-refractivity contribution in [2.45, 2.75) is 33.7 Å². The fourth-order valence-electron chi connectivity index (χ4n) is 1.82. The second-order valence-electron chi connectivity index (χ2n) is 4.27. The lowest BCUT2D eigenvalue weighted by molar-refractivity contribution is 0.358. The first-order chi connectivity index (χ1) is 5.07. The van der Waals surface area contributed by atoms with Crippen LogP contribution in [0, 0.1) is 12.3 Å². The Hall–Kier alpha value is -0.790. The van der Waals surface area contributed by atoms with Crippen molar-refractivity contribution in [3.63, 3.8) is 0 Å². The van der Waals surface area contributed by atoms with E-state index in [4.69, 9.17) is 0 Å². The summed E-state index contributed by atoms with van der Waals surface area (Å²) in [5.41, 5.74) is 1.58. The zero-order valence-corrected chi connectivity index (χ0v) is 7.39. The van der Waals surface area contributed by atoms with Crippen molar-refractivity contribution in [3.8, 4) is 0 Å². The Morgan fingerprint density at radius 1 is 1.55 bits per heavy atom. The van der Waals surface area contributed by atoms with Gasteiger partial charge < -0.3 is 4.57 Å². The minimum Gasteiger partial charge on any atom is -0.334 e. The van der Waals surface area contributed by atoms with Gasteiger partial charge in [0.15, 0.2) is 0 Å². The van der Waals surface area contributed by atoms with Crippen LogP contribution in [0.25, 0.3) is 0 Å². The van der Waals surface area contributed by atoms with E-state index in [1.54, 1.807) is 0 Å². The lowest BCUT2D eigenvalue weighted by Crippen LogP contribution is -2.12. The van der Waals surface area contributed by atoms with E-state index in [1.165, 1.54) is 5.82 Å². The summed E-state index contributed by atoms with van der Waals surface area (Å²) in [7, 11) is 0. The van der Waals surface area contributed by atoms with E-state index in [9.17, 15) is 0 Å². The highest BCUT2D eigenvalue weighted by molar-refractivity contribution is 5.08. The molecule has 0 saturated carbocycles. The average molecular weight is 150 g/mol. The molecule has 0 amide bonds. The van der Waals surface area contributed by atoms with Crippen molar-refractivity contribution in [2.24, 2.45) is 5.41 Å². The van der Waals surface area contributed by atoms with Gasteiger partial charge in [-0.25, -0.2) is 4.98 Å². The van der Waals surface area contributed by atoms with Gasteiger partial charge in [0.25, 0.3) is 0 Å². The second kappa shape index (κ2) is 1.87. The highest BCUT2D eigenvalue weighted by Crippen LogP contribution is 2.30. The maximum Gasteiger partial charge on any atom is 0.109 e. The molecule has 1 aliphatic rings. The van der Waals surface area contributed by atoms with Crippen LogP contribution in [0.2, 0.25) is 0 Å². The molecule has 2 heteroatoms. The molecule has 60 valence electrons. The van der Waals surface area contributed by atoms with Crippen molar-refractivity contribution in [3.05, 3.63) is 17.7 Å². The van der Waals surface area contributed by atoms with Gasteiger partial charge in [-0.2, -0.15) is 0 Å². The van der Waals surface area contributed by atoms with E-state index < -0.39 is 0 Å². The van der Waals surface area contributed by atoms with E-state index in [1.807, 2.05) is 0 Å². The molecule has 0 bridgehead atoms. The summed E-state index contributed by atoms with van der Waals surface area (Å²) in [5, 5.41) is 0. The summed E-state index contributed by atoms with van der Waals surface area (Å²) in [6.45, 7) is 7.76. The van der Waals surface area contributed by atoms with Gasteiger partial charge in [0.1, 0.15) is 5.82 Å². The third-order valence-electron chi connectivity index (χ3n) is 2.21. The highest BCUT2D eigenvalue weighted by atomic mass is 15.1. The largest absolute Gasteiger partial charge is 0.334 e. The van der Waals surface area contributed by atoms with E-state index in [0.717, 1.165) is 18.7 Å². The van der Waals surface area contributed by atoms with Crippen LogP contribution in [0.3, 0.4) is 0 Å². The third-order valence-corrected chi connectivity index (χ3v) is 2.21. The zero-order chi connectivity index (χ0) is 8.06. The standard InChI is InChI=1S/C9H14N2/c1-7-5-11-6-9(2,3)4-8(11)10-7/h5H,4,6H2,1-3H3. The third kappa shape index (κ3) is 1.06. The molecule has 0 atom stereocenters. The Labute approximate surface area is 67.3 Å². The molecule has 2 heterocycles. The van der Waals surface area contributed by atoms with Crippen LogP contribution in [0.1, 0.15) is 25.4 Å². The first kappa shape index (κ1) is 6.89. The molecule has 1 aliphatic heterocycles. The molecule has 0 unspecified atom stereocenters. The quantitative estimate of drug-likeness (QED) is 0.551. The number of fused-ring (bicyclic) bond motifs is 1. The normalized spacial score (nSPS) is 20.3. The minimum absolute atomic E-state index is 0.427. The van der Waals surface area contributed by atoms with Gasteiger partial charge in [0.2, 0.25) is 0 Å². The number of imidazole rings is 1. The molecule has 0 N–H and O–H groups in total. The van der Waals surface area contributed by atoms with E-state index in [2.05, 4.69) is 36.5 Å². The summed E-state index contributed by atoms with van der Waals surface area (Å²) in [6.07, 6.45) is 3.27. The summed E-state index contributed by atoms with van der Waals surface area (Å²) in [6, 6.07) is 0. The van der Waals surface area contributed by atoms with E-state index in [0.29, 0.717) is 5.41 Å². The summed E-state index contributed by atoms with van der Waals surface area (Å²) >= 11 is 0. The van der Waals surface area contributed by atoms with Crippen LogP contribution in [0.15, 0.2) is 6.20 Å². The van der Waals surface area contributed by atoms with Crippen molar-refractivity contribution in [1.82, 2.24) is 9.55 Å². The molecule has 1 aromatic rings. The van der Waals surface area contributed by atoms with Gasteiger partial charge in [-0.15, -0.1) is 0 Å². The molecule has 0 aromatic carbocycles. The Kier molecular flexibility index (Phi) is 1.17. The van der Waals surface area contributed by atoms with Crippen molar-refractivity contribution >= 4 is 0 Å². The van der Waals surface area contributed by atoms with Crippen molar-refractivity contribution < 1.29 is 0 Å². The number of hydrogen-bond acceptors (Lipinski definition) is 1. The topological polar surface area (TPSA) is 17.8 Å². The summed E-state index contributed by atoms with van der Waals surface area (Å²) in [5.74, 6) is 1.26. The first-order valence-electron chi connectivity index (χ1n) is 4.09.